The lowest BCUT2D eigenvalue weighted by Gasteiger charge is -2.35. The molecular formula is C21H23N3O. The number of methoxy groups -OCH3 is 1. The maximum Gasteiger partial charge on any atom is 0.141 e. The van der Waals surface area contributed by atoms with Crippen molar-refractivity contribution in [1.29, 1.82) is 5.26 Å². The van der Waals surface area contributed by atoms with E-state index in [0.29, 0.717) is 22.9 Å². The first-order valence-corrected chi connectivity index (χ1v) is 8.50. The third-order valence-electron chi connectivity index (χ3n) is 4.95. The second-order valence-electron chi connectivity index (χ2n) is 6.40. The molecule has 1 aliphatic heterocycles. The van der Waals surface area contributed by atoms with E-state index in [1.165, 1.54) is 5.56 Å². The van der Waals surface area contributed by atoms with E-state index < -0.39 is 0 Å². The van der Waals surface area contributed by atoms with Gasteiger partial charge in [-0.2, -0.15) is 5.26 Å². The van der Waals surface area contributed by atoms with Crippen molar-refractivity contribution in [2.75, 3.05) is 25.9 Å². The minimum absolute atomic E-state index is 0.540. The van der Waals surface area contributed by atoms with E-state index in [4.69, 9.17) is 15.7 Å². The molecule has 2 N–H and O–H groups in total. The Balaban J connectivity index is 1.64. The fraction of sp³-hybridized carbons (Fsp3) is 0.286. The van der Waals surface area contributed by atoms with Gasteiger partial charge < -0.3 is 15.4 Å². The minimum Gasteiger partial charge on any atom is -0.495 e. The number of likely N-dealkylation sites (tertiary alicyclic amines) is 1. The van der Waals surface area contributed by atoms with E-state index in [2.05, 4.69) is 29.7 Å². The molecule has 0 aliphatic carbocycles. The molecular weight excluding hydrogens is 310 g/mol. The Morgan fingerprint density at radius 1 is 1.20 bits per heavy atom. The Morgan fingerprint density at radius 2 is 1.88 bits per heavy atom. The van der Waals surface area contributed by atoms with Crippen LogP contribution in [0.4, 0.5) is 5.69 Å². The molecule has 128 valence electrons. The smallest absolute Gasteiger partial charge is 0.141 e. The van der Waals surface area contributed by atoms with E-state index in [-0.39, 0.29) is 0 Å². The van der Waals surface area contributed by atoms with Crippen molar-refractivity contribution in [3.63, 3.8) is 0 Å². The molecule has 0 unspecified atom stereocenters. The first kappa shape index (κ1) is 16.9. The molecule has 4 heteroatoms. The number of hydrogen-bond donors (Lipinski definition) is 1. The van der Waals surface area contributed by atoms with Crippen LogP contribution in [-0.2, 0) is 0 Å². The van der Waals surface area contributed by atoms with Gasteiger partial charge in [-0.05, 0) is 60.2 Å². The lowest BCUT2D eigenvalue weighted by atomic mass is 9.88. The number of ether oxygens (including phenoxy) is 1. The van der Waals surface area contributed by atoms with Gasteiger partial charge in [0.2, 0.25) is 0 Å². The van der Waals surface area contributed by atoms with Crippen LogP contribution in [0.25, 0.3) is 5.70 Å². The quantitative estimate of drug-likeness (QED) is 0.859. The van der Waals surface area contributed by atoms with E-state index in [1.54, 1.807) is 7.11 Å². The summed E-state index contributed by atoms with van der Waals surface area (Å²) in [6.07, 6.45) is 2.16. The summed E-state index contributed by atoms with van der Waals surface area (Å²) in [5.74, 6) is 1.23. The number of nitrogens with two attached hydrogens (primary N) is 1. The molecule has 3 rings (SSSR count). The SMILES string of the molecule is C=C(c1ccc(OC)c(N)c1)N1CCC(c2ccc(C#N)cc2)CC1. The minimum atomic E-state index is 0.540. The summed E-state index contributed by atoms with van der Waals surface area (Å²) in [5.41, 5.74) is 10.7. The molecule has 1 aliphatic rings. The number of anilines is 1. The van der Waals surface area contributed by atoms with Gasteiger partial charge in [0.05, 0.1) is 24.4 Å². The van der Waals surface area contributed by atoms with Crippen molar-refractivity contribution >= 4 is 11.4 Å². The van der Waals surface area contributed by atoms with Gasteiger partial charge in [0.25, 0.3) is 0 Å². The van der Waals surface area contributed by atoms with Crippen LogP contribution in [0.15, 0.2) is 49.0 Å². The number of nitriles is 1. The van der Waals surface area contributed by atoms with Crippen LogP contribution in [0.1, 0.15) is 35.4 Å². The van der Waals surface area contributed by atoms with Gasteiger partial charge in [0, 0.05) is 18.8 Å². The molecule has 25 heavy (non-hydrogen) atoms. The maximum absolute atomic E-state index is 8.91. The molecule has 0 radical (unpaired) electrons. The number of nitrogens with zero attached hydrogens (tertiary/aromatic N) is 2. The predicted molar refractivity (Wildman–Crippen MR) is 101 cm³/mol. The highest BCUT2D eigenvalue weighted by Gasteiger charge is 2.22. The van der Waals surface area contributed by atoms with Crippen molar-refractivity contribution < 1.29 is 4.74 Å². The monoisotopic (exact) mass is 333 g/mol. The molecule has 0 aromatic heterocycles. The van der Waals surface area contributed by atoms with Gasteiger partial charge in [0.1, 0.15) is 5.75 Å². The van der Waals surface area contributed by atoms with Gasteiger partial charge in [-0.15, -0.1) is 0 Å². The van der Waals surface area contributed by atoms with Crippen LogP contribution >= 0.6 is 0 Å². The standard InChI is InChI=1S/C21H23N3O/c1-15(19-7-8-21(25-2)20(23)13-19)24-11-9-18(10-12-24)17-5-3-16(14-22)4-6-17/h3-8,13,18H,1,9-12,23H2,2H3. The number of benzene rings is 2. The Bertz CT molecular complexity index is 797. The third-order valence-corrected chi connectivity index (χ3v) is 4.95. The van der Waals surface area contributed by atoms with Gasteiger partial charge >= 0.3 is 0 Å². The fourth-order valence-electron chi connectivity index (χ4n) is 3.41. The molecule has 0 atom stereocenters. The zero-order valence-electron chi connectivity index (χ0n) is 14.5. The molecule has 0 amide bonds. The average molecular weight is 333 g/mol. The molecule has 1 saturated heterocycles. The fourth-order valence-corrected chi connectivity index (χ4v) is 3.41. The average Bonchev–Trinajstić information content (AvgIpc) is 2.67. The van der Waals surface area contributed by atoms with Crippen LogP contribution in [0.2, 0.25) is 0 Å². The Hall–Kier alpha value is -2.93. The Labute approximate surface area is 149 Å². The molecule has 4 nitrogen and oxygen atoms in total. The zero-order chi connectivity index (χ0) is 17.8. The molecule has 2 aromatic rings. The van der Waals surface area contributed by atoms with Crippen molar-refractivity contribution in [2.45, 2.75) is 18.8 Å². The number of piperidine rings is 1. The van der Waals surface area contributed by atoms with Gasteiger partial charge in [0.15, 0.2) is 0 Å². The number of nitrogen functional groups attached to an aromatic ring is 1. The lowest BCUT2D eigenvalue weighted by molar-refractivity contribution is 0.299. The highest BCUT2D eigenvalue weighted by Crippen LogP contribution is 2.33. The Kier molecular flexibility index (Phi) is 4.95. The van der Waals surface area contributed by atoms with Crippen LogP contribution in [0.3, 0.4) is 0 Å². The van der Waals surface area contributed by atoms with Crippen LogP contribution in [0, 0.1) is 11.3 Å². The predicted octanol–water partition coefficient (Wildman–Crippen LogP) is 4.00. The zero-order valence-corrected chi connectivity index (χ0v) is 14.5. The highest BCUT2D eigenvalue weighted by atomic mass is 16.5. The lowest BCUT2D eigenvalue weighted by Crippen LogP contribution is -2.31. The van der Waals surface area contributed by atoms with Crippen LogP contribution in [0.5, 0.6) is 5.75 Å². The Morgan fingerprint density at radius 3 is 2.44 bits per heavy atom. The normalized spacial score (nSPS) is 14.8. The van der Waals surface area contributed by atoms with Gasteiger partial charge in [-0.3, -0.25) is 0 Å². The summed E-state index contributed by atoms with van der Waals surface area (Å²) < 4.78 is 5.22. The van der Waals surface area contributed by atoms with Crippen molar-refractivity contribution in [2.24, 2.45) is 0 Å². The van der Waals surface area contributed by atoms with Gasteiger partial charge in [-0.1, -0.05) is 18.7 Å². The summed E-state index contributed by atoms with van der Waals surface area (Å²) in [5, 5.41) is 8.91. The number of hydrogen-bond acceptors (Lipinski definition) is 4. The molecule has 1 heterocycles. The third kappa shape index (κ3) is 3.61. The van der Waals surface area contributed by atoms with Crippen LogP contribution in [-0.4, -0.2) is 25.1 Å². The second-order valence-corrected chi connectivity index (χ2v) is 6.40. The first-order chi connectivity index (χ1) is 12.1. The van der Waals surface area contributed by atoms with Crippen LogP contribution < -0.4 is 10.5 Å². The molecule has 0 spiro atoms. The van der Waals surface area contributed by atoms with Crippen molar-refractivity contribution in [1.82, 2.24) is 4.90 Å². The van der Waals surface area contributed by atoms with Crippen molar-refractivity contribution in [3.8, 4) is 11.8 Å². The second kappa shape index (κ2) is 7.31. The number of rotatable bonds is 4. The highest BCUT2D eigenvalue weighted by molar-refractivity contribution is 5.68. The van der Waals surface area contributed by atoms with E-state index in [1.807, 2.05) is 30.3 Å². The molecule has 1 fully saturated rings. The first-order valence-electron chi connectivity index (χ1n) is 8.50. The summed E-state index contributed by atoms with van der Waals surface area (Å²) in [6.45, 7) is 6.19. The van der Waals surface area contributed by atoms with E-state index in [9.17, 15) is 0 Å². The summed E-state index contributed by atoms with van der Waals surface area (Å²) >= 11 is 0. The maximum atomic E-state index is 8.91. The molecule has 0 bridgehead atoms. The summed E-state index contributed by atoms with van der Waals surface area (Å²) in [4.78, 5) is 2.32. The van der Waals surface area contributed by atoms with E-state index in [0.717, 1.165) is 37.2 Å². The van der Waals surface area contributed by atoms with E-state index >= 15 is 0 Å². The van der Waals surface area contributed by atoms with Crippen molar-refractivity contribution in [3.05, 3.63) is 65.7 Å². The van der Waals surface area contributed by atoms with Gasteiger partial charge in [-0.25, -0.2) is 0 Å². The summed E-state index contributed by atoms with van der Waals surface area (Å²) in [6, 6.07) is 16.0. The molecule has 2 aromatic carbocycles. The topological polar surface area (TPSA) is 62.3 Å². The largest absolute Gasteiger partial charge is 0.495 e. The molecule has 0 saturated carbocycles. The summed E-state index contributed by atoms with van der Waals surface area (Å²) in [7, 11) is 1.62.